The highest BCUT2D eigenvalue weighted by molar-refractivity contribution is 7.89. The molecular weight excluding hydrogens is 280 g/mol. The van der Waals surface area contributed by atoms with Crippen LogP contribution < -0.4 is 10.0 Å². The van der Waals surface area contributed by atoms with E-state index in [0.29, 0.717) is 29.9 Å². The molecule has 1 saturated carbocycles. The van der Waals surface area contributed by atoms with Gasteiger partial charge in [-0.1, -0.05) is 20.3 Å². The lowest BCUT2D eigenvalue weighted by molar-refractivity contribution is 0.316. The van der Waals surface area contributed by atoms with E-state index in [0.717, 1.165) is 17.7 Å². The van der Waals surface area contributed by atoms with E-state index in [1.807, 2.05) is 5.38 Å². The van der Waals surface area contributed by atoms with Gasteiger partial charge in [-0.3, -0.25) is 0 Å². The van der Waals surface area contributed by atoms with E-state index in [-0.39, 0.29) is 0 Å². The van der Waals surface area contributed by atoms with Crippen molar-refractivity contribution in [2.75, 3.05) is 6.54 Å². The fourth-order valence-corrected chi connectivity index (χ4v) is 4.50. The average Bonchev–Trinajstić information content (AvgIpc) is 2.72. The van der Waals surface area contributed by atoms with E-state index in [1.165, 1.54) is 17.8 Å². The lowest BCUT2D eigenvalue weighted by Gasteiger charge is -2.25. The van der Waals surface area contributed by atoms with Crippen molar-refractivity contribution in [1.29, 1.82) is 0 Å². The number of rotatable bonds is 7. The summed E-state index contributed by atoms with van der Waals surface area (Å²) in [4.78, 5) is 1.32. The molecule has 0 radical (unpaired) electrons. The molecule has 6 heteroatoms. The van der Waals surface area contributed by atoms with Gasteiger partial charge in [-0.25, -0.2) is 13.1 Å². The Morgan fingerprint density at radius 2 is 2.16 bits per heavy atom. The van der Waals surface area contributed by atoms with Crippen molar-refractivity contribution in [3.8, 4) is 0 Å². The first-order valence-electron chi connectivity index (χ1n) is 6.78. The molecule has 0 aromatic carbocycles. The van der Waals surface area contributed by atoms with Crippen LogP contribution in [0.4, 0.5) is 0 Å². The van der Waals surface area contributed by atoms with Gasteiger partial charge in [0.1, 0.15) is 0 Å². The zero-order valence-corrected chi connectivity index (χ0v) is 13.1. The lowest BCUT2D eigenvalue weighted by Crippen LogP contribution is -2.32. The quantitative estimate of drug-likeness (QED) is 0.812. The van der Waals surface area contributed by atoms with Gasteiger partial charge in [0.15, 0.2) is 0 Å². The van der Waals surface area contributed by atoms with E-state index in [9.17, 15) is 8.42 Å². The summed E-state index contributed by atoms with van der Waals surface area (Å²) in [6.45, 7) is 5.29. The first kappa shape index (κ1) is 15.0. The first-order valence-corrected chi connectivity index (χ1v) is 9.15. The molecule has 0 amide bonds. The summed E-state index contributed by atoms with van der Waals surface area (Å²) in [5, 5.41) is 5.11. The third-order valence-electron chi connectivity index (χ3n) is 3.45. The van der Waals surface area contributed by atoms with Gasteiger partial charge < -0.3 is 5.32 Å². The maximum absolute atomic E-state index is 12.3. The average molecular weight is 302 g/mol. The van der Waals surface area contributed by atoms with Crippen molar-refractivity contribution in [3.63, 3.8) is 0 Å². The van der Waals surface area contributed by atoms with Crippen LogP contribution in [0.1, 0.15) is 38.0 Å². The molecule has 0 aliphatic heterocycles. The van der Waals surface area contributed by atoms with E-state index < -0.39 is 10.0 Å². The molecule has 19 heavy (non-hydrogen) atoms. The maximum atomic E-state index is 12.3. The SMILES string of the molecule is CC(C)NCc1sccc1S(=O)(=O)NCC1CCC1. The minimum Gasteiger partial charge on any atom is -0.310 e. The molecule has 1 aliphatic carbocycles. The van der Waals surface area contributed by atoms with Crippen molar-refractivity contribution in [3.05, 3.63) is 16.3 Å². The summed E-state index contributed by atoms with van der Waals surface area (Å²) < 4.78 is 27.3. The predicted octanol–water partition coefficient (Wildman–Crippen LogP) is 2.32. The highest BCUT2D eigenvalue weighted by Gasteiger charge is 2.23. The summed E-state index contributed by atoms with van der Waals surface area (Å²) >= 11 is 1.49. The highest BCUT2D eigenvalue weighted by atomic mass is 32.2. The van der Waals surface area contributed by atoms with Crippen LogP contribution in [-0.2, 0) is 16.6 Å². The molecule has 0 saturated heterocycles. The molecule has 1 fully saturated rings. The summed E-state index contributed by atoms with van der Waals surface area (Å²) in [5.74, 6) is 0.533. The number of nitrogens with one attached hydrogen (secondary N) is 2. The van der Waals surface area contributed by atoms with Crippen LogP contribution in [0, 0.1) is 5.92 Å². The number of thiophene rings is 1. The standard InChI is InChI=1S/C13H22N2O2S2/c1-10(2)14-9-12-13(6-7-18-12)19(16,17)15-8-11-4-3-5-11/h6-7,10-11,14-15H,3-5,8-9H2,1-2H3. The molecule has 0 spiro atoms. The van der Waals surface area contributed by atoms with Crippen molar-refractivity contribution < 1.29 is 8.42 Å². The van der Waals surface area contributed by atoms with Gasteiger partial charge in [-0.05, 0) is 30.2 Å². The van der Waals surface area contributed by atoms with Gasteiger partial charge in [0.25, 0.3) is 0 Å². The topological polar surface area (TPSA) is 58.2 Å². The minimum absolute atomic E-state index is 0.348. The third kappa shape index (κ3) is 4.02. The molecule has 0 bridgehead atoms. The van der Waals surface area contributed by atoms with Crippen molar-refractivity contribution in [2.45, 2.75) is 50.6 Å². The molecule has 108 valence electrons. The Labute approximate surface area is 119 Å². The zero-order chi connectivity index (χ0) is 13.9. The first-order chi connectivity index (χ1) is 8.99. The molecule has 1 aliphatic rings. The van der Waals surface area contributed by atoms with Crippen LogP contribution in [0.15, 0.2) is 16.3 Å². The van der Waals surface area contributed by atoms with Crippen LogP contribution in [0.3, 0.4) is 0 Å². The Morgan fingerprint density at radius 3 is 2.74 bits per heavy atom. The smallest absolute Gasteiger partial charge is 0.241 e. The van der Waals surface area contributed by atoms with E-state index >= 15 is 0 Å². The second-order valence-corrected chi connectivity index (χ2v) is 8.13. The van der Waals surface area contributed by atoms with Gasteiger partial charge in [0.05, 0.1) is 4.90 Å². The monoisotopic (exact) mass is 302 g/mol. The molecule has 2 rings (SSSR count). The van der Waals surface area contributed by atoms with E-state index in [1.54, 1.807) is 6.07 Å². The second-order valence-electron chi connectivity index (χ2n) is 5.39. The van der Waals surface area contributed by atoms with Gasteiger partial charge in [0, 0.05) is 24.0 Å². The molecule has 1 aromatic heterocycles. The van der Waals surface area contributed by atoms with Crippen molar-refractivity contribution in [1.82, 2.24) is 10.0 Å². The lowest BCUT2D eigenvalue weighted by atomic mass is 9.86. The maximum Gasteiger partial charge on any atom is 0.241 e. The summed E-state index contributed by atoms with van der Waals surface area (Å²) in [5.41, 5.74) is 0. The Morgan fingerprint density at radius 1 is 1.42 bits per heavy atom. The van der Waals surface area contributed by atoms with Crippen molar-refractivity contribution >= 4 is 21.4 Å². The predicted molar refractivity (Wildman–Crippen MR) is 78.8 cm³/mol. The normalized spacial score (nSPS) is 16.8. The molecule has 0 unspecified atom stereocenters. The van der Waals surface area contributed by atoms with E-state index in [4.69, 9.17) is 0 Å². The molecule has 4 nitrogen and oxygen atoms in total. The number of hydrogen-bond acceptors (Lipinski definition) is 4. The molecule has 1 heterocycles. The van der Waals surface area contributed by atoms with Crippen molar-refractivity contribution in [2.24, 2.45) is 5.92 Å². The Balaban J connectivity index is 2.00. The minimum atomic E-state index is -3.35. The third-order valence-corrected chi connectivity index (χ3v) is 6.01. The Hall–Kier alpha value is -0.430. The molecule has 0 atom stereocenters. The summed E-state index contributed by atoms with van der Waals surface area (Å²) in [6.07, 6.45) is 3.52. The fraction of sp³-hybridized carbons (Fsp3) is 0.692. The van der Waals surface area contributed by atoms with Gasteiger partial charge in [-0.15, -0.1) is 11.3 Å². The van der Waals surface area contributed by atoms with Gasteiger partial charge in [0.2, 0.25) is 10.0 Å². The second kappa shape index (κ2) is 6.35. The van der Waals surface area contributed by atoms with Crippen LogP contribution in [0.5, 0.6) is 0 Å². The number of hydrogen-bond donors (Lipinski definition) is 2. The molecule has 1 aromatic rings. The highest BCUT2D eigenvalue weighted by Crippen LogP contribution is 2.27. The number of sulfonamides is 1. The van der Waals surface area contributed by atoms with Crippen LogP contribution in [0.2, 0.25) is 0 Å². The summed E-state index contributed by atoms with van der Waals surface area (Å²) in [6, 6.07) is 2.05. The van der Waals surface area contributed by atoms with Crippen LogP contribution >= 0.6 is 11.3 Å². The zero-order valence-electron chi connectivity index (χ0n) is 11.5. The molecular formula is C13H22N2O2S2. The van der Waals surface area contributed by atoms with Gasteiger partial charge >= 0.3 is 0 Å². The van der Waals surface area contributed by atoms with Crippen LogP contribution in [-0.4, -0.2) is 21.0 Å². The fourth-order valence-electron chi connectivity index (χ4n) is 2.00. The summed E-state index contributed by atoms with van der Waals surface area (Å²) in [7, 11) is -3.35. The Bertz CT molecular complexity index is 504. The Kier molecular flexibility index (Phi) is 5.00. The molecule has 2 N–H and O–H groups in total. The largest absolute Gasteiger partial charge is 0.310 e. The van der Waals surface area contributed by atoms with Gasteiger partial charge in [-0.2, -0.15) is 0 Å². The van der Waals surface area contributed by atoms with Crippen LogP contribution in [0.25, 0.3) is 0 Å². The van der Waals surface area contributed by atoms with E-state index in [2.05, 4.69) is 23.9 Å².